The minimum Gasteiger partial charge on any atom is -0.445 e. The minimum atomic E-state index is -0.223. The van der Waals surface area contributed by atoms with E-state index in [1.165, 1.54) is 6.07 Å². The second-order valence-corrected chi connectivity index (χ2v) is 7.10. The summed E-state index contributed by atoms with van der Waals surface area (Å²) in [6.07, 6.45) is 2.71. The zero-order valence-corrected chi connectivity index (χ0v) is 14.3. The van der Waals surface area contributed by atoms with Gasteiger partial charge in [-0.25, -0.2) is 9.18 Å². The molecule has 0 fully saturated rings. The summed E-state index contributed by atoms with van der Waals surface area (Å²) in [6, 6.07) is 10.8. The van der Waals surface area contributed by atoms with Crippen molar-refractivity contribution in [1.29, 1.82) is 0 Å². The average molecular weight is 352 g/mol. The van der Waals surface area contributed by atoms with Crippen LogP contribution in [-0.4, -0.2) is 6.73 Å². The summed E-state index contributed by atoms with van der Waals surface area (Å²) in [6.45, 7) is 1.63. The molecule has 4 nitrogen and oxygen atoms in total. The first-order valence-corrected chi connectivity index (χ1v) is 9.01. The molecule has 2 aromatic carbocycles. The minimum absolute atomic E-state index is 0.201. The molecule has 1 atom stereocenters. The third-order valence-electron chi connectivity index (χ3n) is 5.46. The van der Waals surface area contributed by atoms with Crippen molar-refractivity contribution >= 4 is 11.0 Å². The SMILES string of the molecule is O=c1oc2c3c(ccc2c2c1CCC2)OC[NH+](Cc1ccccc1F)C3. The van der Waals surface area contributed by atoms with E-state index in [0.29, 0.717) is 31.0 Å². The van der Waals surface area contributed by atoms with Crippen LogP contribution in [0.2, 0.25) is 0 Å². The molecule has 132 valence electrons. The van der Waals surface area contributed by atoms with Gasteiger partial charge in [-0.2, -0.15) is 0 Å². The van der Waals surface area contributed by atoms with Gasteiger partial charge in [0, 0.05) is 16.5 Å². The van der Waals surface area contributed by atoms with Gasteiger partial charge in [-0.3, -0.25) is 4.90 Å². The maximum atomic E-state index is 14.0. The summed E-state index contributed by atoms with van der Waals surface area (Å²) in [4.78, 5) is 13.4. The molecule has 0 saturated carbocycles. The van der Waals surface area contributed by atoms with Gasteiger partial charge < -0.3 is 9.15 Å². The zero-order chi connectivity index (χ0) is 17.7. The Hall–Kier alpha value is -2.66. The molecule has 1 aliphatic heterocycles. The molecular weight excluding hydrogens is 333 g/mol. The number of hydrogen-bond acceptors (Lipinski definition) is 3. The van der Waals surface area contributed by atoms with Crippen LogP contribution in [0.15, 0.2) is 45.6 Å². The van der Waals surface area contributed by atoms with E-state index in [-0.39, 0.29) is 11.4 Å². The van der Waals surface area contributed by atoms with Gasteiger partial charge in [0.25, 0.3) is 0 Å². The second kappa shape index (κ2) is 5.95. The van der Waals surface area contributed by atoms with Crippen LogP contribution in [0.4, 0.5) is 4.39 Å². The molecule has 1 aliphatic carbocycles. The van der Waals surface area contributed by atoms with Gasteiger partial charge in [-0.1, -0.05) is 18.2 Å². The van der Waals surface area contributed by atoms with Crippen molar-refractivity contribution in [1.82, 2.24) is 0 Å². The van der Waals surface area contributed by atoms with E-state index < -0.39 is 0 Å². The second-order valence-electron chi connectivity index (χ2n) is 7.10. The van der Waals surface area contributed by atoms with Gasteiger partial charge in [0.2, 0.25) is 6.73 Å². The topological polar surface area (TPSA) is 43.9 Å². The van der Waals surface area contributed by atoms with Gasteiger partial charge in [0.1, 0.15) is 24.7 Å². The van der Waals surface area contributed by atoms with Crippen molar-refractivity contribution in [3.05, 3.63) is 74.9 Å². The molecule has 2 heterocycles. The Morgan fingerprint density at radius 1 is 1.04 bits per heavy atom. The Balaban J connectivity index is 1.56. The fourth-order valence-corrected chi connectivity index (χ4v) is 4.19. The highest BCUT2D eigenvalue weighted by molar-refractivity contribution is 5.86. The Morgan fingerprint density at radius 2 is 1.88 bits per heavy atom. The van der Waals surface area contributed by atoms with E-state index in [9.17, 15) is 9.18 Å². The van der Waals surface area contributed by atoms with Gasteiger partial charge in [0.15, 0.2) is 5.58 Å². The number of rotatable bonds is 2. The lowest BCUT2D eigenvalue weighted by Crippen LogP contribution is -3.11. The van der Waals surface area contributed by atoms with Crippen LogP contribution >= 0.6 is 0 Å². The summed E-state index contributed by atoms with van der Waals surface area (Å²) in [5.41, 5.74) is 3.94. The van der Waals surface area contributed by atoms with Crippen LogP contribution in [0.1, 0.15) is 28.7 Å². The fraction of sp³-hybridized carbons (Fsp3) is 0.286. The summed E-state index contributed by atoms with van der Waals surface area (Å²) >= 11 is 0. The van der Waals surface area contributed by atoms with Crippen LogP contribution in [0.5, 0.6) is 5.75 Å². The maximum Gasteiger partial charge on any atom is 0.339 e. The zero-order valence-electron chi connectivity index (χ0n) is 14.3. The molecule has 0 amide bonds. The Kier molecular flexibility index (Phi) is 3.57. The molecule has 26 heavy (non-hydrogen) atoms. The van der Waals surface area contributed by atoms with Gasteiger partial charge >= 0.3 is 5.63 Å². The van der Waals surface area contributed by atoms with E-state index in [4.69, 9.17) is 9.15 Å². The van der Waals surface area contributed by atoms with Gasteiger partial charge in [0.05, 0.1) is 5.56 Å². The Bertz CT molecular complexity index is 1070. The summed E-state index contributed by atoms with van der Waals surface area (Å²) in [7, 11) is 0. The first kappa shape index (κ1) is 15.6. The molecule has 1 aromatic heterocycles. The van der Waals surface area contributed by atoms with Crippen molar-refractivity contribution in [2.24, 2.45) is 0 Å². The highest BCUT2D eigenvalue weighted by Crippen LogP contribution is 2.33. The monoisotopic (exact) mass is 352 g/mol. The van der Waals surface area contributed by atoms with Crippen molar-refractivity contribution in [2.75, 3.05) is 6.73 Å². The maximum absolute atomic E-state index is 14.0. The summed E-state index contributed by atoms with van der Waals surface area (Å²) in [5.74, 6) is 0.559. The third kappa shape index (κ3) is 2.42. The Labute approximate surface area is 149 Å². The van der Waals surface area contributed by atoms with Crippen LogP contribution in [0.3, 0.4) is 0 Å². The molecule has 5 rings (SSSR count). The number of nitrogens with one attached hydrogen (secondary N) is 1. The first-order chi connectivity index (χ1) is 12.7. The first-order valence-electron chi connectivity index (χ1n) is 9.01. The number of fused-ring (bicyclic) bond motifs is 5. The molecule has 2 aliphatic rings. The van der Waals surface area contributed by atoms with E-state index in [1.54, 1.807) is 12.1 Å². The van der Waals surface area contributed by atoms with E-state index in [1.807, 2.05) is 18.2 Å². The molecular formula is C21H19FNO3+. The lowest BCUT2D eigenvalue weighted by Gasteiger charge is -2.26. The number of aryl methyl sites for hydroxylation is 1. The van der Waals surface area contributed by atoms with Gasteiger partial charge in [-0.05, 0) is 43.0 Å². The molecule has 0 spiro atoms. The average Bonchev–Trinajstić information content (AvgIpc) is 3.14. The highest BCUT2D eigenvalue weighted by Gasteiger charge is 2.28. The van der Waals surface area contributed by atoms with E-state index in [0.717, 1.165) is 52.0 Å². The fourth-order valence-electron chi connectivity index (χ4n) is 4.19. The molecule has 3 aromatic rings. The van der Waals surface area contributed by atoms with Crippen LogP contribution < -0.4 is 15.3 Å². The third-order valence-corrected chi connectivity index (χ3v) is 5.46. The van der Waals surface area contributed by atoms with Crippen molar-refractivity contribution in [3.8, 4) is 5.75 Å². The molecule has 0 radical (unpaired) electrons. The number of quaternary nitrogens is 1. The molecule has 1 N–H and O–H groups in total. The molecule has 0 bridgehead atoms. The van der Waals surface area contributed by atoms with Crippen molar-refractivity contribution in [3.63, 3.8) is 0 Å². The number of ether oxygens (including phenoxy) is 1. The molecule has 1 unspecified atom stereocenters. The largest absolute Gasteiger partial charge is 0.445 e. The van der Waals surface area contributed by atoms with E-state index >= 15 is 0 Å². The van der Waals surface area contributed by atoms with Crippen LogP contribution in [-0.2, 0) is 25.9 Å². The predicted molar refractivity (Wildman–Crippen MR) is 94.8 cm³/mol. The normalized spacial score (nSPS) is 18.4. The quantitative estimate of drug-likeness (QED) is 0.720. The number of benzene rings is 2. The number of halogens is 1. The Morgan fingerprint density at radius 3 is 2.77 bits per heavy atom. The van der Waals surface area contributed by atoms with Gasteiger partial charge in [-0.15, -0.1) is 0 Å². The number of hydrogen-bond donors (Lipinski definition) is 1. The van der Waals surface area contributed by atoms with Crippen molar-refractivity contribution < 1.29 is 18.4 Å². The molecule has 5 heteroatoms. The van der Waals surface area contributed by atoms with Crippen molar-refractivity contribution in [2.45, 2.75) is 32.4 Å². The summed E-state index contributed by atoms with van der Waals surface area (Å²) in [5, 5.41) is 1.02. The van der Waals surface area contributed by atoms with Crippen LogP contribution in [0, 0.1) is 5.82 Å². The predicted octanol–water partition coefficient (Wildman–Crippen LogP) is 2.36. The highest BCUT2D eigenvalue weighted by atomic mass is 19.1. The lowest BCUT2D eigenvalue weighted by atomic mass is 10.0. The standard InChI is InChI=1S/C21H18FNO3/c22-18-7-2-1-4-13(18)10-23-11-17-19(25-12-23)9-8-15-14-5-3-6-16(14)21(24)26-20(15)17/h1-2,4,7-9H,3,5-6,10-12H2/p+1. The van der Waals surface area contributed by atoms with E-state index in [2.05, 4.69) is 0 Å². The lowest BCUT2D eigenvalue weighted by molar-refractivity contribution is -0.945. The summed E-state index contributed by atoms with van der Waals surface area (Å²) < 4.78 is 25.6. The molecule has 0 saturated heterocycles. The smallest absolute Gasteiger partial charge is 0.339 e. The van der Waals surface area contributed by atoms with Crippen LogP contribution in [0.25, 0.3) is 11.0 Å².